The monoisotopic (exact) mass is 288 g/mol. The van der Waals surface area contributed by atoms with Crippen molar-refractivity contribution < 1.29 is 9.47 Å². The van der Waals surface area contributed by atoms with Gasteiger partial charge in [0, 0.05) is 30.5 Å². The van der Waals surface area contributed by atoms with Crippen LogP contribution < -0.4 is 9.64 Å². The molecule has 104 valence electrons. The smallest absolute Gasteiger partial charge is 0.186 e. The normalized spacial score (nSPS) is 17.9. The molecule has 4 rings (SSSR count). The summed E-state index contributed by atoms with van der Waals surface area (Å²) in [5.41, 5.74) is 3.54. The fourth-order valence-electron chi connectivity index (χ4n) is 2.64. The Hall–Kier alpha value is -1.59. The van der Waals surface area contributed by atoms with Crippen LogP contribution in [-0.2, 0) is 11.2 Å². The molecular formula is C15H16N2O2S. The van der Waals surface area contributed by atoms with Gasteiger partial charge in [0.05, 0.1) is 25.5 Å². The Labute approximate surface area is 122 Å². The van der Waals surface area contributed by atoms with E-state index in [1.807, 2.05) is 0 Å². The SMILES string of the molecule is c1cc2c(cc1-c1csc(N3CCOCC3)n1)CCO2. The molecule has 0 saturated carbocycles. The number of fused-ring (bicyclic) bond motifs is 1. The lowest BCUT2D eigenvalue weighted by Gasteiger charge is -2.26. The van der Waals surface area contributed by atoms with Gasteiger partial charge in [0.1, 0.15) is 5.75 Å². The lowest BCUT2D eigenvalue weighted by molar-refractivity contribution is 0.122. The lowest BCUT2D eigenvalue weighted by Crippen LogP contribution is -2.36. The predicted octanol–water partition coefficient (Wildman–Crippen LogP) is 2.58. The number of nitrogens with zero attached hydrogens (tertiary/aromatic N) is 2. The highest BCUT2D eigenvalue weighted by molar-refractivity contribution is 7.14. The first-order valence-corrected chi connectivity index (χ1v) is 7.82. The third-order valence-electron chi connectivity index (χ3n) is 3.76. The van der Waals surface area contributed by atoms with Gasteiger partial charge >= 0.3 is 0 Å². The van der Waals surface area contributed by atoms with Gasteiger partial charge in [0.15, 0.2) is 5.13 Å². The van der Waals surface area contributed by atoms with E-state index in [1.165, 1.54) is 11.1 Å². The number of thiazole rings is 1. The van der Waals surface area contributed by atoms with Gasteiger partial charge in [-0.3, -0.25) is 0 Å². The Morgan fingerprint density at radius 2 is 2.05 bits per heavy atom. The van der Waals surface area contributed by atoms with Crippen LogP contribution in [0.4, 0.5) is 5.13 Å². The topological polar surface area (TPSA) is 34.6 Å². The molecule has 1 aromatic carbocycles. The van der Waals surface area contributed by atoms with Crippen LogP contribution in [0, 0.1) is 0 Å². The summed E-state index contributed by atoms with van der Waals surface area (Å²) < 4.78 is 10.9. The van der Waals surface area contributed by atoms with Gasteiger partial charge < -0.3 is 14.4 Å². The molecule has 0 radical (unpaired) electrons. The lowest BCUT2D eigenvalue weighted by atomic mass is 10.1. The summed E-state index contributed by atoms with van der Waals surface area (Å²) in [6.07, 6.45) is 1.00. The molecule has 0 amide bonds. The number of rotatable bonds is 2. The average molecular weight is 288 g/mol. The van der Waals surface area contributed by atoms with Crippen molar-refractivity contribution in [2.75, 3.05) is 37.8 Å². The summed E-state index contributed by atoms with van der Waals surface area (Å²) in [4.78, 5) is 7.08. The Bertz CT molecular complexity index is 620. The highest BCUT2D eigenvalue weighted by Gasteiger charge is 2.17. The van der Waals surface area contributed by atoms with Crippen LogP contribution >= 0.6 is 11.3 Å². The molecule has 0 unspecified atom stereocenters. The summed E-state index contributed by atoms with van der Waals surface area (Å²) >= 11 is 1.71. The van der Waals surface area contributed by atoms with E-state index in [0.29, 0.717) is 0 Å². The summed E-state index contributed by atoms with van der Waals surface area (Å²) in [5, 5.41) is 3.24. The van der Waals surface area contributed by atoms with E-state index in [0.717, 1.165) is 55.9 Å². The minimum Gasteiger partial charge on any atom is -0.493 e. The minimum absolute atomic E-state index is 0.797. The second kappa shape index (κ2) is 5.07. The minimum atomic E-state index is 0.797. The third-order valence-corrected chi connectivity index (χ3v) is 4.66. The van der Waals surface area contributed by atoms with E-state index in [-0.39, 0.29) is 0 Å². The molecule has 4 nitrogen and oxygen atoms in total. The van der Waals surface area contributed by atoms with E-state index in [1.54, 1.807) is 11.3 Å². The fourth-order valence-corrected chi connectivity index (χ4v) is 3.53. The molecule has 0 N–H and O–H groups in total. The maximum absolute atomic E-state index is 5.55. The first-order chi connectivity index (χ1) is 9.90. The zero-order valence-electron chi connectivity index (χ0n) is 11.2. The van der Waals surface area contributed by atoms with Crippen molar-refractivity contribution in [3.8, 4) is 17.0 Å². The molecule has 2 aromatic rings. The number of hydrogen-bond acceptors (Lipinski definition) is 5. The van der Waals surface area contributed by atoms with E-state index >= 15 is 0 Å². The summed E-state index contributed by atoms with van der Waals surface area (Å²) in [5.74, 6) is 1.03. The quantitative estimate of drug-likeness (QED) is 0.850. The standard InChI is InChI=1S/C15H16N2O2S/c1-2-14-12(3-6-19-14)9-11(1)13-10-20-15(16-13)17-4-7-18-8-5-17/h1-2,9-10H,3-8H2. The fraction of sp³-hybridized carbons (Fsp3) is 0.400. The number of hydrogen-bond donors (Lipinski definition) is 0. The summed E-state index contributed by atoms with van der Waals surface area (Å²) in [7, 11) is 0. The van der Waals surface area contributed by atoms with Crippen molar-refractivity contribution in [2.24, 2.45) is 0 Å². The molecule has 0 spiro atoms. The van der Waals surface area contributed by atoms with Gasteiger partial charge in [-0.2, -0.15) is 0 Å². The van der Waals surface area contributed by atoms with Crippen LogP contribution in [0.5, 0.6) is 5.75 Å². The Balaban J connectivity index is 1.61. The Morgan fingerprint density at radius 1 is 1.15 bits per heavy atom. The van der Waals surface area contributed by atoms with E-state index in [2.05, 4.69) is 28.5 Å². The van der Waals surface area contributed by atoms with Crippen molar-refractivity contribution in [3.63, 3.8) is 0 Å². The zero-order chi connectivity index (χ0) is 13.4. The van der Waals surface area contributed by atoms with Gasteiger partial charge in [-0.15, -0.1) is 11.3 Å². The van der Waals surface area contributed by atoms with E-state index < -0.39 is 0 Å². The maximum Gasteiger partial charge on any atom is 0.186 e. The van der Waals surface area contributed by atoms with E-state index in [9.17, 15) is 0 Å². The van der Waals surface area contributed by atoms with Crippen LogP contribution in [0.25, 0.3) is 11.3 Å². The van der Waals surface area contributed by atoms with Crippen LogP contribution in [-0.4, -0.2) is 37.9 Å². The highest BCUT2D eigenvalue weighted by atomic mass is 32.1. The van der Waals surface area contributed by atoms with Crippen LogP contribution in [0.1, 0.15) is 5.56 Å². The molecule has 5 heteroatoms. The van der Waals surface area contributed by atoms with Gasteiger partial charge in [0.25, 0.3) is 0 Å². The molecule has 2 aliphatic heterocycles. The first kappa shape index (κ1) is 12.2. The number of morpholine rings is 1. The number of aromatic nitrogens is 1. The molecule has 0 atom stereocenters. The predicted molar refractivity (Wildman–Crippen MR) is 79.8 cm³/mol. The van der Waals surface area contributed by atoms with Crippen molar-refractivity contribution in [3.05, 3.63) is 29.1 Å². The molecular weight excluding hydrogens is 272 g/mol. The van der Waals surface area contributed by atoms with Crippen molar-refractivity contribution in [1.29, 1.82) is 0 Å². The Kier molecular flexibility index (Phi) is 3.09. The van der Waals surface area contributed by atoms with Gasteiger partial charge in [-0.1, -0.05) is 0 Å². The molecule has 0 aliphatic carbocycles. The third kappa shape index (κ3) is 2.17. The van der Waals surface area contributed by atoms with Gasteiger partial charge in [-0.05, 0) is 23.8 Å². The molecule has 1 saturated heterocycles. The molecule has 20 heavy (non-hydrogen) atoms. The molecule has 0 bridgehead atoms. The largest absolute Gasteiger partial charge is 0.493 e. The van der Waals surface area contributed by atoms with Crippen molar-refractivity contribution >= 4 is 16.5 Å². The zero-order valence-corrected chi connectivity index (χ0v) is 12.0. The summed E-state index contributed by atoms with van der Waals surface area (Å²) in [6, 6.07) is 6.37. The summed E-state index contributed by atoms with van der Waals surface area (Å²) in [6.45, 7) is 4.26. The van der Waals surface area contributed by atoms with Gasteiger partial charge in [-0.25, -0.2) is 4.98 Å². The highest BCUT2D eigenvalue weighted by Crippen LogP contribution is 2.32. The molecule has 2 aliphatic rings. The van der Waals surface area contributed by atoms with Crippen LogP contribution in [0.15, 0.2) is 23.6 Å². The van der Waals surface area contributed by atoms with Gasteiger partial charge in [0.2, 0.25) is 0 Å². The number of anilines is 1. The second-order valence-electron chi connectivity index (χ2n) is 5.04. The first-order valence-electron chi connectivity index (χ1n) is 6.94. The molecule has 3 heterocycles. The van der Waals surface area contributed by atoms with Crippen molar-refractivity contribution in [1.82, 2.24) is 4.98 Å². The van der Waals surface area contributed by atoms with Crippen molar-refractivity contribution in [2.45, 2.75) is 6.42 Å². The van der Waals surface area contributed by atoms with E-state index in [4.69, 9.17) is 14.5 Å². The molecule has 1 aromatic heterocycles. The second-order valence-corrected chi connectivity index (χ2v) is 5.87. The number of ether oxygens (including phenoxy) is 2. The van der Waals surface area contributed by atoms with Crippen LogP contribution in [0.2, 0.25) is 0 Å². The average Bonchev–Trinajstić information content (AvgIpc) is 3.16. The Morgan fingerprint density at radius 3 is 2.95 bits per heavy atom. The van der Waals surface area contributed by atoms with Crippen LogP contribution in [0.3, 0.4) is 0 Å². The maximum atomic E-state index is 5.55. The number of benzene rings is 1. The molecule has 1 fully saturated rings.